The molecule has 17 heavy (non-hydrogen) atoms. The predicted octanol–water partition coefficient (Wildman–Crippen LogP) is 2.42. The lowest BCUT2D eigenvalue weighted by atomic mass is 9.99. The minimum absolute atomic E-state index is 0.159. The van der Waals surface area contributed by atoms with E-state index in [0.29, 0.717) is 0 Å². The zero-order valence-electron chi connectivity index (χ0n) is 10.2. The van der Waals surface area contributed by atoms with Gasteiger partial charge in [0.25, 0.3) is 0 Å². The van der Waals surface area contributed by atoms with Crippen LogP contribution in [0, 0.1) is 6.92 Å². The van der Waals surface area contributed by atoms with Crippen molar-refractivity contribution in [1.29, 1.82) is 0 Å². The summed E-state index contributed by atoms with van der Waals surface area (Å²) >= 11 is 0. The lowest BCUT2D eigenvalue weighted by Crippen LogP contribution is -2.40. The van der Waals surface area contributed by atoms with E-state index < -0.39 is 5.97 Å². The number of carboxylic acid groups (broad SMARTS) is 1. The number of furan rings is 1. The van der Waals surface area contributed by atoms with Crippen molar-refractivity contribution in [3.63, 3.8) is 0 Å². The molecule has 1 N–H and O–H groups in total. The summed E-state index contributed by atoms with van der Waals surface area (Å²) in [6, 6.07) is 4.08. The first-order valence-corrected chi connectivity index (χ1v) is 6.16. The van der Waals surface area contributed by atoms with Crippen LogP contribution in [-0.4, -0.2) is 28.6 Å². The lowest BCUT2D eigenvalue weighted by molar-refractivity contribution is -0.138. The molecule has 1 saturated heterocycles. The van der Waals surface area contributed by atoms with Gasteiger partial charge in [-0.15, -0.1) is 0 Å². The van der Waals surface area contributed by atoms with E-state index in [-0.39, 0.29) is 12.5 Å². The van der Waals surface area contributed by atoms with Crippen LogP contribution in [0.2, 0.25) is 0 Å². The highest BCUT2D eigenvalue weighted by molar-refractivity contribution is 5.67. The summed E-state index contributed by atoms with van der Waals surface area (Å²) in [6.07, 6.45) is 3.49. The highest BCUT2D eigenvalue weighted by atomic mass is 16.4. The molecule has 1 atom stereocenters. The van der Waals surface area contributed by atoms with Crippen LogP contribution in [0.1, 0.15) is 37.2 Å². The Bertz CT molecular complexity index is 386. The maximum Gasteiger partial charge on any atom is 0.304 e. The van der Waals surface area contributed by atoms with Gasteiger partial charge in [0.15, 0.2) is 0 Å². The molecule has 0 spiro atoms. The SMILES string of the molecule is Cc1ccc(CN2CCCCC2CC(=O)O)o1. The number of nitrogens with zero attached hydrogens (tertiary/aromatic N) is 1. The molecule has 0 amide bonds. The molecule has 2 rings (SSSR count). The maximum atomic E-state index is 10.8. The number of hydrogen-bond acceptors (Lipinski definition) is 3. The first kappa shape index (κ1) is 12.2. The molecule has 1 aromatic heterocycles. The Kier molecular flexibility index (Phi) is 3.84. The topological polar surface area (TPSA) is 53.7 Å². The molecule has 1 aliphatic heterocycles. The van der Waals surface area contributed by atoms with E-state index in [9.17, 15) is 4.79 Å². The number of aliphatic carboxylic acids is 1. The van der Waals surface area contributed by atoms with Crippen molar-refractivity contribution in [3.8, 4) is 0 Å². The van der Waals surface area contributed by atoms with Crippen molar-refractivity contribution in [2.24, 2.45) is 0 Å². The fourth-order valence-electron chi connectivity index (χ4n) is 2.47. The van der Waals surface area contributed by atoms with Crippen LogP contribution in [0.15, 0.2) is 16.5 Å². The van der Waals surface area contributed by atoms with E-state index in [1.54, 1.807) is 0 Å². The van der Waals surface area contributed by atoms with E-state index in [0.717, 1.165) is 43.9 Å². The minimum atomic E-state index is -0.711. The fraction of sp³-hybridized carbons (Fsp3) is 0.615. The van der Waals surface area contributed by atoms with Gasteiger partial charge in [-0.05, 0) is 38.4 Å². The number of hydrogen-bond donors (Lipinski definition) is 1. The zero-order chi connectivity index (χ0) is 12.3. The molecule has 0 saturated carbocycles. The van der Waals surface area contributed by atoms with E-state index in [1.165, 1.54) is 0 Å². The molecule has 0 aromatic carbocycles. The van der Waals surface area contributed by atoms with Gasteiger partial charge in [-0.1, -0.05) is 6.42 Å². The van der Waals surface area contributed by atoms with E-state index in [1.807, 2.05) is 19.1 Å². The van der Waals surface area contributed by atoms with Crippen LogP contribution < -0.4 is 0 Å². The van der Waals surface area contributed by atoms with Gasteiger partial charge in [-0.2, -0.15) is 0 Å². The summed E-state index contributed by atoms with van der Waals surface area (Å²) in [6.45, 7) is 3.62. The molecular weight excluding hydrogens is 218 g/mol. The molecule has 0 bridgehead atoms. The van der Waals surface area contributed by atoms with E-state index in [4.69, 9.17) is 9.52 Å². The van der Waals surface area contributed by atoms with Crippen molar-refractivity contribution in [3.05, 3.63) is 23.7 Å². The summed E-state index contributed by atoms with van der Waals surface area (Å²) in [7, 11) is 0. The largest absolute Gasteiger partial charge is 0.481 e. The number of aryl methyl sites for hydroxylation is 1. The predicted molar refractivity (Wildman–Crippen MR) is 63.7 cm³/mol. The Labute approximate surface area is 101 Å². The maximum absolute atomic E-state index is 10.8. The molecule has 1 aromatic rings. The average Bonchev–Trinajstić information content (AvgIpc) is 2.66. The average molecular weight is 237 g/mol. The normalized spacial score (nSPS) is 21.6. The molecule has 2 heterocycles. The van der Waals surface area contributed by atoms with Gasteiger partial charge in [0.1, 0.15) is 11.5 Å². The highest BCUT2D eigenvalue weighted by Crippen LogP contribution is 2.22. The Morgan fingerprint density at radius 2 is 2.35 bits per heavy atom. The molecule has 4 heteroatoms. The Balaban J connectivity index is 1.98. The third-order valence-electron chi connectivity index (χ3n) is 3.31. The smallest absolute Gasteiger partial charge is 0.304 e. The molecule has 1 fully saturated rings. The van der Waals surface area contributed by atoms with Crippen LogP contribution in [0.4, 0.5) is 0 Å². The summed E-state index contributed by atoms with van der Waals surface area (Å²) in [5, 5.41) is 8.90. The molecule has 4 nitrogen and oxygen atoms in total. The van der Waals surface area contributed by atoms with Gasteiger partial charge < -0.3 is 9.52 Å². The van der Waals surface area contributed by atoms with Crippen LogP contribution in [-0.2, 0) is 11.3 Å². The number of rotatable bonds is 4. The highest BCUT2D eigenvalue weighted by Gasteiger charge is 2.25. The van der Waals surface area contributed by atoms with Gasteiger partial charge in [0.2, 0.25) is 0 Å². The Morgan fingerprint density at radius 3 is 3.00 bits per heavy atom. The summed E-state index contributed by atoms with van der Waals surface area (Å²) in [5.74, 6) is 1.13. The van der Waals surface area contributed by atoms with Gasteiger partial charge in [0.05, 0.1) is 13.0 Å². The fourth-order valence-corrected chi connectivity index (χ4v) is 2.47. The van der Waals surface area contributed by atoms with E-state index >= 15 is 0 Å². The first-order valence-electron chi connectivity index (χ1n) is 6.16. The Hall–Kier alpha value is -1.29. The standard InChI is InChI=1S/C13H19NO3/c1-10-5-6-12(17-10)9-14-7-3-2-4-11(14)8-13(15)16/h5-6,11H,2-4,7-9H2,1H3,(H,15,16). The van der Waals surface area contributed by atoms with Crippen molar-refractivity contribution < 1.29 is 14.3 Å². The zero-order valence-corrected chi connectivity index (χ0v) is 10.2. The minimum Gasteiger partial charge on any atom is -0.481 e. The monoisotopic (exact) mass is 237 g/mol. The second kappa shape index (κ2) is 5.36. The van der Waals surface area contributed by atoms with Gasteiger partial charge in [0, 0.05) is 6.04 Å². The quantitative estimate of drug-likeness (QED) is 0.873. The molecule has 1 unspecified atom stereocenters. The van der Waals surface area contributed by atoms with Crippen LogP contribution in [0.5, 0.6) is 0 Å². The van der Waals surface area contributed by atoms with E-state index in [2.05, 4.69) is 4.90 Å². The van der Waals surface area contributed by atoms with Gasteiger partial charge >= 0.3 is 5.97 Å². The molecule has 1 aliphatic rings. The number of piperidine rings is 1. The van der Waals surface area contributed by atoms with Crippen molar-refractivity contribution in [1.82, 2.24) is 4.90 Å². The second-order valence-electron chi connectivity index (χ2n) is 4.73. The Morgan fingerprint density at radius 1 is 1.53 bits per heavy atom. The second-order valence-corrected chi connectivity index (χ2v) is 4.73. The molecular formula is C13H19NO3. The third kappa shape index (κ3) is 3.33. The number of likely N-dealkylation sites (tertiary alicyclic amines) is 1. The van der Waals surface area contributed by atoms with Crippen LogP contribution >= 0.6 is 0 Å². The number of carbonyl (C=O) groups is 1. The van der Waals surface area contributed by atoms with Gasteiger partial charge in [-0.3, -0.25) is 9.69 Å². The summed E-state index contributed by atoms with van der Waals surface area (Å²) in [5.41, 5.74) is 0. The molecule has 94 valence electrons. The summed E-state index contributed by atoms with van der Waals surface area (Å²) in [4.78, 5) is 13.1. The van der Waals surface area contributed by atoms with Crippen LogP contribution in [0.25, 0.3) is 0 Å². The first-order chi connectivity index (χ1) is 8.15. The third-order valence-corrected chi connectivity index (χ3v) is 3.31. The van der Waals surface area contributed by atoms with Crippen molar-refractivity contribution in [2.45, 2.75) is 45.2 Å². The number of carboxylic acids is 1. The summed E-state index contributed by atoms with van der Waals surface area (Å²) < 4.78 is 5.55. The molecule has 0 radical (unpaired) electrons. The van der Waals surface area contributed by atoms with Crippen molar-refractivity contribution >= 4 is 5.97 Å². The molecule has 0 aliphatic carbocycles. The van der Waals surface area contributed by atoms with Gasteiger partial charge in [-0.25, -0.2) is 0 Å². The lowest BCUT2D eigenvalue weighted by Gasteiger charge is -2.34. The van der Waals surface area contributed by atoms with Crippen LogP contribution in [0.3, 0.4) is 0 Å². The van der Waals surface area contributed by atoms with Crippen molar-refractivity contribution in [2.75, 3.05) is 6.54 Å².